The Labute approximate surface area is 153 Å². The zero-order valence-corrected chi connectivity index (χ0v) is 14.4. The zero-order valence-electron chi connectivity index (χ0n) is 14.4. The molecule has 27 heavy (non-hydrogen) atoms. The Morgan fingerprint density at radius 2 is 1.74 bits per heavy atom. The predicted molar refractivity (Wildman–Crippen MR) is 94.4 cm³/mol. The van der Waals surface area contributed by atoms with Crippen LogP contribution in [-0.4, -0.2) is 19.9 Å². The Bertz CT molecular complexity index is 1110. The molecule has 2 heterocycles. The summed E-state index contributed by atoms with van der Waals surface area (Å²) < 4.78 is 24.4. The number of rotatable bonds is 5. The largest absolute Gasteiger partial charge is 0.437 e. The Balaban J connectivity index is 1.55. The third-order valence-corrected chi connectivity index (χ3v) is 4.07. The van der Waals surface area contributed by atoms with Crippen molar-refractivity contribution in [1.29, 1.82) is 0 Å². The SMILES string of the molecule is CCc1ccc(-c2noc(Cn3nc(-c4ccc(F)cc4)oc3=O)n2)cc1. The van der Waals surface area contributed by atoms with Crippen LogP contribution in [0.4, 0.5) is 4.39 Å². The molecular formula is C19H15FN4O3. The third-order valence-electron chi connectivity index (χ3n) is 4.07. The zero-order chi connectivity index (χ0) is 18.8. The van der Waals surface area contributed by atoms with E-state index >= 15 is 0 Å². The smallest absolute Gasteiger partial charge is 0.388 e. The molecule has 0 radical (unpaired) electrons. The molecular weight excluding hydrogens is 351 g/mol. The molecule has 0 N–H and O–H groups in total. The molecule has 0 fully saturated rings. The third kappa shape index (κ3) is 3.55. The lowest BCUT2D eigenvalue weighted by Gasteiger charge is -1.97. The van der Waals surface area contributed by atoms with Crippen LogP contribution in [0.3, 0.4) is 0 Å². The van der Waals surface area contributed by atoms with Crippen LogP contribution in [0.15, 0.2) is 62.3 Å². The fourth-order valence-electron chi connectivity index (χ4n) is 2.57. The van der Waals surface area contributed by atoms with Gasteiger partial charge in [0, 0.05) is 11.1 Å². The quantitative estimate of drug-likeness (QED) is 0.539. The second-order valence-corrected chi connectivity index (χ2v) is 5.90. The molecule has 0 saturated carbocycles. The van der Waals surface area contributed by atoms with Gasteiger partial charge in [0.25, 0.3) is 0 Å². The fraction of sp³-hybridized carbons (Fsp3) is 0.158. The van der Waals surface area contributed by atoms with Gasteiger partial charge in [0.2, 0.25) is 17.6 Å². The highest BCUT2D eigenvalue weighted by Crippen LogP contribution is 2.18. The van der Waals surface area contributed by atoms with Gasteiger partial charge in [-0.15, -0.1) is 5.10 Å². The minimum atomic E-state index is -0.665. The molecule has 0 saturated heterocycles. The summed E-state index contributed by atoms with van der Waals surface area (Å²) in [4.78, 5) is 16.3. The van der Waals surface area contributed by atoms with Crippen molar-refractivity contribution in [2.45, 2.75) is 19.9 Å². The maximum atomic E-state index is 13.0. The molecule has 4 rings (SSSR count). The Morgan fingerprint density at radius 1 is 1.04 bits per heavy atom. The summed E-state index contributed by atoms with van der Waals surface area (Å²) >= 11 is 0. The van der Waals surface area contributed by atoms with Gasteiger partial charge in [0.05, 0.1) is 0 Å². The van der Waals surface area contributed by atoms with Crippen LogP contribution in [0.25, 0.3) is 22.8 Å². The molecule has 0 spiro atoms. The summed E-state index contributed by atoms with van der Waals surface area (Å²) in [5.41, 5.74) is 2.53. The lowest BCUT2D eigenvalue weighted by Crippen LogP contribution is -2.16. The fourth-order valence-corrected chi connectivity index (χ4v) is 2.57. The number of aromatic nitrogens is 4. The Hall–Kier alpha value is -3.55. The first-order chi connectivity index (χ1) is 13.1. The topological polar surface area (TPSA) is 87.0 Å². The molecule has 2 aromatic carbocycles. The first-order valence-electron chi connectivity index (χ1n) is 8.38. The predicted octanol–water partition coefficient (Wildman–Crippen LogP) is 3.30. The molecule has 0 amide bonds. The van der Waals surface area contributed by atoms with E-state index in [0.717, 1.165) is 16.7 Å². The number of hydrogen-bond donors (Lipinski definition) is 0. The van der Waals surface area contributed by atoms with E-state index in [1.807, 2.05) is 24.3 Å². The molecule has 0 bridgehead atoms. The van der Waals surface area contributed by atoms with Gasteiger partial charge >= 0.3 is 5.76 Å². The van der Waals surface area contributed by atoms with Crippen LogP contribution in [0.5, 0.6) is 0 Å². The minimum absolute atomic E-state index is 0.0242. The highest BCUT2D eigenvalue weighted by atomic mass is 19.1. The molecule has 0 unspecified atom stereocenters. The van der Waals surface area contributed by atoms with Gasteiger partial charge in [0.15, 0.2) is 0 Å². The van der Waals surface area contributed by atoms with Crippen molar-refractivity contribution in [2.75, 3.05) is 0 Å². The van der Waals surface area contributed by atoms with Crippen molar-refractivity contribution in [3.63, 3.8) is 0 Å². The maximum Gasteiger partial charge on any atom is 0.437 e. The van der Waals surface area contributed by atoms with Crippen molar-refractivity contribution in [2.24, 2.45) is 0 Å². The summed E-state index contributed by atoms with van der Waals surface area (Å²) in [5.74, 6) is -0.296. The average Bonchev–Trinajstić information content (AvgIpc) is 3.30. The van der Waals surface area contributed by atoms with Gasteiger partial charge in [-0.3, -0.25) is 0 Å². The molecule has 8 heteroatoms. The second kappa shape index (κ2) is 6.99. The summed E-state index contributed by atoms with van der Waals surface area (Å²) in [6.45, 7) is 2.06. The molecule has 0 aliphatic heterocycles. The number of halogens is 1. The van der Waals surface area contributed by atoms with Crippen molar-refractivity contribution in [3.05, 3.63) is 76.4 Å². The maximum absolute atomic E-state index is 13.0. The van der Waals surface area contributed by atoms with Gasteiger partial charge < -0.3 is 8.94 Å². The lowest BCUT2D eigenvalue weighted by molar-refractivity contribution is 0.360. The van der Waals surface area contributed by atoms with Gasteiger partial charge in [-0.2, -0.15) is 9.67 Å². The number of benzene rings is 2. The monoisotopic (exact) mass is 366 g/mol. The Kier molecular flexibility index (Phi) is 4.37. The van der Waals surface area contributed by atoms with E-state index in [0.29, 0.717) is 11.4 Å². The van der Waals surface area contributed by atoms with Crippen molar-refractivity contribution in [3.8, 4) is 22.8 Å². The van der Waals surface area contributed by atoms with E-state index in [2.05, 4.69) is 22.2 Å². The molecule has 0 atom stereocenters. The van der Waals surface area contributed by atoms with E-state index in [9.17, 15) is 9.18 Å². The number of aryl methyl sites for hydroxylation is 1. The number of hydrogen-bond acceptors (Lipinski definition) is 6. The first-order valence-corrected chi connectivity index (χ1v) is 8.38. The normalized spacial score (nSPS) is 11.0. The minimum Gasteiger partial charge on any atom is -0.388 e. The highest BCUT2D eigenvalue weighted by Gasteiger charge is 2.15. The molecule has 2 aromatic heterocycles. The summed E-state index contributed by atoms with van der Waals surface area (Å²) in [5, 5.41) is 8.04. The van der Waals surface area contributed by atoms with Crippen molar-refractivity contribution in [1.82, 2.24) is 19.9 Å². The van der Waals surface area contributed by atoms with Gasteiger partial charge in [-0.25, -0.2) is 9.18 Å². The number of nitrogens with zero attached hydrogens (tertiary/aromatic N) is 4. The second-order valence-electron chi connectivity index (χ2n) is 5.90. The van der Waals surface area contributed by atoms with Crippen molar-refractivity contribution < 1.29 is 13.3 Å². The molecule has 7 nitrogen and oxygen atoms in total. The van der Waals surface area contributed by atoms with Gasteiger partial charge in [0.1, 0.15) is 12.4 Å². The van der Waals surface area contributed by atoms with Crippen LogP contribution >= 0.6 is 0 Å². The molecule has 0 aliphatic rings. The van der Waals surface area contributed by atoms with Gasteiger partial charge in [-0.05, 0) is 36.2 Å². The standard InChI is InChI=1S/C19H15FN4O3/c1-2-12-3-5-13(6-4-12)17-21-16(27-23-17)11-24-19(25)26-18(22-24)14-7-9-15(20)10-8-14/h3-10H,2,11H2,1H3. The van der Waals surface area contributed by atoms with E-state index in [1.54, 1.807) is 0 Å². The Morgan fingerprint density at radius 3 is 2.44 bits per heavy atom. The average molecular weight is 366 g/mol. The van der Waals surface area contributed by atoms with E-state index in [-0.39, 0.29) is 24.1 Å². The summed E-state index contributed by atoms with van der Waals surface area (Å²) in [6, 6.07) is 13.3. The van der Waals surface area contributed by atoms with E-state index in [4.69, 9.17) is 8.94 Å². The summed E-state index contributed by atoms with van der Waals surface area (Å²) in [6.07, 6.45) is 0.948. The van der Waals surface area contributed by atoms with Crippen LogP contribution in [-0.2, 0) is 13.0 Å². The van der Waals surface area contributed by atoms with Crippen LogP contribution in [0.2, 0.25) is 0 Å². The highest BCUT2D eigenvalue weighted by molar-refractivity contribution is 5.54. The molecule has 0 aliphatic carbocycles. The van der Waals surface area contributed by atoms with Crippen LogP contribution < -0.4 is 5.76 Å². The van der Waals surface area contributed by atoms with Crippen LogP contribution in [0, 0.1) is 5.82 Å². The van der Waals surface area contributed by atoms with Crippen LogP contribution in [0.1, 0.15) is 18.4 Å². The van der Waals surface area contributed by atoms with Crippen molar-refractivity contribution >= 4 is 0 Å². The molecule has 136 valence electrons. The summed E-state index contributed by atoms with van der Waals surface area (Å²) in [7, 11) is 0. The van der Waals surface area contributed by atoms with E-state index in [1.165, 1.54) is 29.8 Å². The first kappa shape index (κ1) is 16.9. The lowest BCUT2D eigenvalue weighted by atomic mass is 10.1. The van der Waals surface area contributed by atoms with E-state index < -0.39 is 5.76 Å². The van der Waals surface area contributed by atoms with Gasteiger partial charge in [-0.1, -0.05) is 36.3 Å². The molecule has 4 aromatic rings.